The standard InChI is InChI=1S/C21H18ClF5N4O3/c1-8-17(19(22)31-30-8)29-20(33)12-6-14(24)11(7-16(12)34-10(3)21(25,26)27)15-5-4-13(23)18(28-15)9(2)32/h4-7,9-10,32H,1-3H3,(H,29,33)(H,30,31)/t9-,10?/m0/s1. The summed E-state index contributed by atoms with van der Waals surface area (Å²) in [5.74, 6) is -3.54. The molecular formula is C21H18ClF5N4O3. The van der Waals surface area contributed by atoms with Crippen molar-refractivity contribution in [2.45, 2.75) is 39.2 Å². The molecule has 0 bridgehead atoms. The number of hydrogen-bond acceptors (Lipinski definition) is 5. The summed E-state index contributed by atoms with van der Waals surface area (Å²) in [7, 11) is 0. The van der Waals surface area contributed by atoms with Gasteiger partial charge in [-0.3, -0.25) is 9.89 Å². The number of rotatable bonds is 6. The molecule has 0 spiro atoms. The summed E-state index contributed by atoms with van der Waals surface area (Å²) >= 11 is 5.88. The predicted octanol–water partition coefficient (Wildman–Crippen LogP) is 5.35. The minimum atomic E-state index is -4.79. The number of nitrogens with zero attached hydrogens (tertiary/aromatic N) is 2. The zero-order valence-electron chi connectivity index (χ0n) is 17.9. The number of carbonyl (C=O) groups excluding carboxylic acids is 1. The van der Waals surface area contributed by atoms with Crippen LogP contribution >= 0.6 is 11.6 Å². The molecule has 0 saturated heterocycles. The van der Waals surface area contributed by atoms with Crippen LogP contribution in [-0.4, -0.2) is 38.5 Å². The van der Waals surface area contributed by atoms with E-state index < -0.39 is 52.9 Å². The van der Waals surface area contributed by atoms with Crippen molar-refractivity contribution < 1.29 is 36.6 Å². The maximum Gasteiger partial charge on any atom is 0.425 e. The second-order valence-electron chi connectivity index (χ2n) is 7.34. The molecule has 1 amide bonds. The largest absolute Gasteiger partial charge is 0.480 e. The van der Waals surface area contributed by atoms with Gasteiger partial charge in [0.05, 0.1) is 23.1 Å². The number of aryl methyl sites for hydroxylation is 1. The van der Waals surface area contributed by atoms with Crippen LogP contribution in [0.25, 0.3) is 11.3 Å². The fraction of sp³-hybridized carbons (Fsp3) is 0.286. The van der Waals surface area contributed by atoms with E-state index in [1.165, 1.54) is 13.8 Å². The lowest BCUT2D eigenvalue weighted by Gasteiger charge is -2.20. The molecule has 3 aromatic rings. The van der Waals surface area contributed by atoms with Crippen LogP contribution in [0.4, 0.5) is 27.6 Å². The third-order valence-electron chi connectivity index (χ3n) is 4.76. The number of hydrogen-bond donors (Lipinski definition) is 3. The number of alkyl halides is 3. The minimum Gasteiger partial charge on any atom is -0.480 e. The van der Waals surface area contributed by atoms with Crippen LogP contribution < -0.4 is 10.1 Å². The molecule has 0 aliphatic rings. The monoisotopic (exact) mass is 504 g/mol. The molecule has 2 atom stereocenters. The molecule has 0 fully saturated rings. The number of pyridine rings is 1. The van der Waals surface area contributed by atoms with Crippen molar-refractivity contribution in [2.75, 3.05) is 5.32 Å². The molecule has 7 nitrogen and oxygen atoms in total. The summed E-state index contributed by atoms with van der Waals surface area (Å²) < 4.78 is 73.4. The number of benzene rings is 1. The van der Waals surface area contributed by atoms with Crippen molar-refractivity contribution >= 4 is 23.2 Å². The van der Waals surface area contributed by atoms with E-state index in [1.54, 1.807) is 0 Å². The van der Waals surface area contributed by atoms with E-state index in [2.05, 4.69) is 20.5 Å². The molecular weight excluding hydrogens is 487 g/mol. The molecule has 0 saturated carbocycles. The Morgan fingerprint density at radius 3 is 2.44 bits per heavy atom. The Bertz CT molecular complexity index is 1210. The molecule has 34 heavy (non-hydrogen) atoms. The molecule has 0 aliphatic heterocycles. The Labute approximate surface area is 194 Å². The van der Waals surface area contributed by atoms with Gasteiger partial charge in [0.2, 0.25) is 0 Å². The smallest absolute Gasteiger partial charge is 0.425 e. The molecule has 1 aromatic carbocycles. The zero-order valence-corrected chi connectivity index (χ0v) is 18.6. The average Bonchev–Trinajstić information content (AvgIpc) is 3.06. The Balaban J connectivity index is 2.12. The lowest BCUT2D eigenvalue weighted by molar-refractivity contribution is -0.189. The topological polar surface area (TPSA) is 100 Å². The highest BCUT2D eigenvalue weighted by molar-refractivity contribution is 6.33. The molecule has 13 heteroatoms. The van der Waals surface area contributed by atoms with Gasteiger partial charge in [0.25, 0.3) is 5.91 Å². The number of aliphatic hydroxyl groups is 1. The van der Waals surface area contributed by atoms with Crippen molar-refractivity contribution in [1.29, 1.82) is 0 Å². The van der Waals surface area contributed by atoms with Crippen molar-refractivity contribution in [3.8, 4) is 17.0 Å². The zero-order chi connectivity index (χ0) is 25.4. The second kappa shape index (κ2) is 9.55. The summed E-state index contributed by atoms with van der Waals surface area (Å²) in [5.41, 5.74) is -1.13. The molecule has 3 N–H and O–H groups in total. The van der Waals surface area contributed by atoms with Gasteiger partial charge in [-0.15, -0.1) is 0 Å². The maximum atomic E-state index is 15.0. The molecule has 0 aliphatic carbocycles. The van der Waals surface area contributed by atoms with Gasteiger partial charge >= 0.3 is 6.18 Å². The number of carbonyl (C=O) groups is 1. The first-order valence-corrected chi connectivity index (χ1v) is 10.1. The molecule has 3 rings (SSSR count). The summed E-state index contributed by atoms with van der Waals surface area (Å²) in [6, 6.07) is 3.51. The summed E-state index contributed by atoms with van der Waals surface area (Å²) in [6.07, 6.45) is -8.48. The number of aromatic amines is 1. The van der Waals surface area contributed by atoms with E-state index in [0.29, 0.717) is 18.7 Å². The van der Waals surface area contributed by atoms with Gasteiger partial charge in [-0.25, -0.2) is 13.8 Å². The van der Waals surface area contributed by atoms with Crippen LogP contribution in [0.5, 0.6) is 5.75 Å². The number of anilines is 1. The van der Waals surface area contributed by atoms with E-state index in [9.17, 15) is 27.5 Å². The third kappa shape index (κ3) is 5.28. The minimum absolute atomic E-state index is 0.0488. The average molecular weight is 505 g/mol. The quantitative estimate of drug-likeness (QED) is 0.393. The van der Waals surface area contributed by atoms with Gasteiger partial charge in [-0.05, 0) is 45.0 Å². The number of nitrogens with one attached hydrogen (secondary N) is 2. The van der Waals surface area contributed by atoms with Gasteiger partial charge in [0.1, 0.15) is 28.8 Å². The van der Waals surface area contributed by atoms with Crippen molar-refractivity contribution in [3.05, 3.63) is 58.0 Å². The van der Waals surface area contributed by atoms with E-state index in [1.807, 2.05) is 0 Å². The van der Waals surface area contributed by atoms with Gasteiger partial charge in [0.15, 0.2) is 11.3 Å². The lowest BCUT2D eigenvalue weighted by atomic mass is 10.0. The Morgan fingerprint density at radius 1 is 1.21 bits per heavy atom. The number of ether oxygens (including phenoxy) is 1. The van der Waals surface area contributed by atoms with Crippen molar-refractivity contribution in [2.24, 2.45) is 0 Å². The molecule has 0 radical (unpaired) electrons. The van der Waals surface area contributed by atoms with Crippen LogP contribution in [0.2, 0.25) is 5.15 Å². The summed E-state index contributed by atoms with van der Waals surface area (Å²) in [5, 5.41) is 18.1. The number of aromatic nitrogens is 3. The summed E-state index contributed by atoms with van der Waals surface area (Å²) in [4.78, 5) is 16.7. The first-order valence-electron chi connectivity index (χ1n) is 9.73. The molecule has 182 valence electrons. The van der Waals surface area contributed by atoms with E-state index in [4.69, 9.17) is 16.3 Å². The Morgan fingerprint density at radius 2 is 1.88 bits per heavy atom. The number of halogens is 6. The van der Waals surface area contributed by atoms with Gasteiger partial charge in [-0.1, -0.05) is 11.6 Å². The summed E-state index contributed by atoms with van der Waals surface area (Å²) in [6.45, 7) is 3.48. The SMILES string of the molecule is Cc1[nH]nc(Cl)c1NC(=O)c1cc(F)c(-c2ccc(F)c([C@H](C)O)n2)cc1OC(C)C(F)(F)F. The first kappa shape index (κ1) is 25.4. The fourth-order valence-corrected chi connectivity index (χ4v) is 3.14. The van der Waals surface area contributed by atoms with Gasteiger partial charge < -0.3 is 15.2 Å². The van der Waals surface area contributed by atoms with E-state index >= 15 is 4.39 Å². The Hall–Kier alpha value is -3.25. The fourth-order valence-electron chi connectivity index (χ4n) is 2.91. The number of aliphatic hydroxyl groups excluding tert-OH is 1. The van der Waals surface area contributed by atoms with Gasteiger partial charge in [0, 0.05) is 5.56 Å². The van der Waals surface area contributed by atoms with E-state index in [-0.39, 0.29) is 22.1 Å². The molecule has 1 unspecified atom stereocenters. The van der Waals surface area contributed by atoms with Crippen LogP contribution in [0.3, 0.4) is 0 Å². The highest BCUT2D eigenvalue weighted by atomic mass is 35.5. The van der Waals surface area contributed by atoms with Crippen LogP contribution in [0.1, 0.15) is 41.7 Å². The van der Waals surface area contributed by atoms with Crippen LogP contribution in [0, 0.1) is 18.6 Å². The van der Waals surface area contributed by atoms with Crippen LogP contribution in [0.15, 0.2) is 24.3 Å². The Kier molecular flexibility index (Phi) is 7.13. The maximum absolute atomic E-state index is 15.0. The van der Waals surface area contributed by atoms with Gasteiger partial charge in [-0.2, -0.15) is 18.3 Å². The van der Waals surface area contributed by atoms with Crippen molar-refractivity contribution in [3.63, 3.8) is 0 Å². The number of H-pyrrole nitrogens is 1. The third-order valence-corrected chi connectivity index (χ3v) is 5.04. The predicted molar refractivity (Wildman–Crippen MR) is 113 cm³/mol. The lowest BCUT2D eigenvalue weighted by Crippen LogP contribution is -2.32. The molecule has 2 heterocycles. The van der Waals surface area contributed by atoms with Crippen molar-refractivity contribution in [1.82, 2.24) is 15.2 Å². The second-order valence-corrected chi connectivity index (χ2v) is 7.70. The first-order chi connectivity index (χ1) is 15.8. The molecule has 2 aromatic heterocycles. The van der Waals surface area contributed by atoms with Crippen LogP contribution in [-0.2, 0) is 0 Å². The van der Waals surface area contributed by atoms with E-state index in [0.717, 1.165) is 18.2 Å². The highest BCUT2D eigenvalue weighted by Gasteiger charge is 2.39. The normalized spacial score (nSPS) is 13.5. The highest BCUT2D eigenvalue weighted by Crippen LogP contribution is 2.34. The number of amides is 1.